The zero-order valence-corrected chi connectivity index (χ0v) is 15.0. The quantitative estimate of drug-likeness (QED) is 0.334. The molecule has 19 heavy (non-hydrogen) atoms. The van der Waals surface area contributed by atoms with Gasteiger partial charge in [-0.25, -0.2) is 0 Å². The topological polar surface area (TPSA) is 44.8 Å². The van der Waals surface area contributed by atoms with E-state index in [0.29, 0.717) is 6.61 Å². The molecule has 0 aromatic heterocycles. The predicted molar refractivity (Wildman–Crippen MR) is 83.1 cm³/mol. The first-order chi connectivity index (χ1) is 8.72. The molecule has 0 N–H and O–H groups in total. The van der Waals surface area contributed by atoms with Crippen LogP contribution < -0.4 is 0 Å². The molecular weight excluding hydrogens is 276 g/mol. The number of hydrogen-bond acceptors (Lipinski definition) is 4. The molecule has 0 aliphatic heterocycles. The number of carbonyl (C=O) groups is 1. The van der Waals surface area contributed by atoms with E-state index in [2.05, 4.69) is 32.8 Å². The third-order valence-electron chi connectivity index (χ3n) is 2.80. The SMILES string of the molecule is C=CC(=O)COCCCC[Si](C)(C)O[Si](C)(C)OC. The van der Waals surface area contributed by atoms with E-state index in [1.807, 2.05) is 0 Å². The third kappa shape index (κ3) is 10.2. The van der Waals surface area contributed by atoms with Crippen molar-refractivity contribution in [1.82, 2.24) is 0 Å². The first-order valence-corrected chi connectivity index (χ1v) is 12.6. The normalized spacial score (nSPS) is 12.5. The van der Waals surface area contributed by atoms with Crippen molar-refractivity contribution in [3.63, 3.8) is 0 Å². The molecule has 0 rings (SSSR count). The van der Waals surface area contributed by atoms with Gasteiger partial charge in [0, 0.05) is 13.7 Å². The number of carbonyl (C=O) groups excluding carboxylic acids is 1. The lowest BCUT2D eigenvalue weighted by molar-refractivity contribution is -0.118. The number of unbranched alkanes of at least 4 members (excludes halogenated alkanes) is 1. The van der Waals surface area contributed by atoms with Gasteiger partial charge < -0.3 is 13.3 Å². The van der Waals surface area contributed by atoms with Crippen LogP contribution in [0.5, 0.6) is 0 Å². The number of hydrogen-bond donors (Lipinski definition) is 0. The van der Waals surface area contributed by atoms with Gasteiger partial charge >= 0.3 is 8.56 Å². The van der Waals surface area contributed by atoms with E-state index in [1.165, 1.54) is 6.08 Å². The Hall–Kier alpha value is -0.276. The molecule has 0 unspecified atom stereocenters. The average molecular weight is 305 g/mol. The van der Waals surface area contributed by atoms with Crippen molar-refractivity contribution in [3.8, 4) is 0 Å². The van der Waals surface area contributed by atoms with Gasteiger partial charge in [0.05, 0.1) is 0 Å². The maximum atomic E-state index is 10.9. The molecule has 0 bridgehead atoms. The highest BCUT2D eigenvalue weighted by Gasteiger charge is 2.33. The fourth-order valence-corrected chi connectivity index (χ4v) is 8.91. The molecule has 0 heterocycles. The van der Waals surface area contributed by atoms with Gasteiger partial charge in [-0.15, -0.1) is 0 Å². The monoisotopic (exact) mass is 304 g/mol. The zero-order chi connectivity index (χ0) is 14.9. The fourth-order valence-electron chi connectivity index (χ4n) is 1.74. The molecule has 0 aliphatic carbocycles. The minimum atomic E-state index is -1.93. The Labute approximate surface area is 119 Å². The Morgan fingerprint density at radius 3 is 2.37 bits per heavy atom. The van der Waals surface area contributed by atoms with Crippen LogP contribution in [0.25, 0.3) is 0 Å². The molecule has 0 saturated heterocycles. The van der Waals surface area contributed by atoms with E-state index in [-0.39, 0.29) is 12.4 Å². The first-order valence-electron chi connectivity index (χ1n) is 6.71. The molecule has 0 saturated carbocycles. The number of ketones is 1. The van der Waals surface area contributed by atoms with Crippen LogP contribution in [0, 0.1) is 0 Å². The molecular formula is C13H28O4Si2. The molecule has 0 radical (unpaired) electrons. The zero-order valence-electron chi connectivity index (χ0n) is 13.0. The molecule has 0 aliphatic rings. The van der Waals surface area contributed by atoms with Crippen molar-refractivity contribution < 1.29 is 18.1 Å². The highest BCUT2D eigenvalue weighted by molar-refractivity contribution is 6.82. The first kappa shape index (κ1) is 18.7. The summed E-state index contributed by atoms with van der Waals surface area (Å²) in [6, 6.07) is 1.09. The maximum absolute atomic E-state index is 10.9. The van der Waals surface area contributed by atoms with Crippen LogP contribution in [0.1, 0.15) is 12.8 Å². The summed E-state index contributed by atoms with van der Waals surface area (Å²) in [6.07, 6.45) is 3.32. The Balaban J connectivity index is 3.75. The summed E-state index contributed by atoms with van der Waals surface area (Å²) in [5.74, 6) is -0.0640. The molecule has 0 amide bonds. The molecule has 0 aromatic carbocycles. The smallest absolute Gasteiger partial charge is 0.321 e. The molecule has 0 spiro atoms. The molecule has 0 aromatic rings. The molecule has 6 heteroatoms. The van der Waals surface area contributed by atoms with E-state index in [0.717, 1.165) is 18.9 Å². The summed E-state index contributed by atoms with van der Waals surface area (Å²) in [5.41, 5.74) is 0. The van der Waals surface area contributed by atoms with Crippen LogP contribution in [0.15, 0.2) is 12.7 Å². The van der Waals surface area contributed by atoms with Gasteiger partial charge in [-0.1, -0.05) is 13.0 Å². The van der Waals surface area contributed by atoms with Gasteiger partial charge in [0.1, 0.15) is 6.61 Å². The number of rotatable bonds is 11. The van der Waals surface area contributed by atoms with Crippen molar-refractivity contribution in [3.05, 3.63) is 12.7 Å². The van der Waals surface area contributed by atoms with E-state index in [4.69, 9.17) is 13.3 Å². The van der Waals surface area contributed by atoms with Gasteiger partial charge in [0.15, 0.2) is 14.1 Å². The van der Waals surface area contributed by atoms with Crippen molar-refractivity contribution >= 4 is 22.7 Å². The average Bonchev–Trinajstić information content (AvgIpc) is 2.31. The van der Waals surface area contributed by atoms with Gasteiger partial charge in [-0.05, 0) is 44.7 Å². The van der Waals surface area contributed by atoms with Gasteiger partial charge in [0.2, 0.25) is 0 Å². The van der Waals surface area contributed by atoms with Crippen LogP contribution in [0.3, 0.4) is 0 Å². The Kier molecular flexibility index (Phi) is 8.68. The summed E-state index contributed by atoms with van der Waals surface area (Å²) >= 11 is 0. The number of ether oxygens (including phenoxy) is 1. The van der Waals surface area contributed by atoms with E-state index in [1.54, 1.807) is 7.11 Å². The van der Waals surface area contributed by atoms with E-state index < -0.39 is 16.9 Å². The second kappa shape index (κ2) is 8.81. The lowest BCUT2D eigenvalue weighted by Gasteiger charge is -2.32. The molecule has 4 nitrogen and oxygen atoms in total. The molecule has 112 valence electrons. The standard InChI is InChI=1S/C13H28O4Si2/c1-7-13(14)12-16-10-8-9-11-18(3,4)17-19(5,6)15-2/h7H,1,8-12H2,2-6H3. The van der Waals surface area contributed by atoms with Crippen LogP contribution in [-0.2, 0) is 18.1 Å². The van der Waals surface area contributed by atoms with Gasteiger partial charge in [-0.3, -0.25) is 4.79 Å². The second-order valence-electron chi connectivity index (χ2n) is 5.65. The van der Waals surface area contributed by atoms with Gasteiger partial charge in [-0.2, -0.15) is 0 Å². The summed E-state index contributed by atoms with van der Waals surface area (Å²) in [7, 11) is -1.86. The van der Waals surface area contributed by atoms with Crippen LogP contribution in [0.4, 0.5) is 0 Å². The second-order valence-corrected chi connectivity index (χ2v) is 13.7. The minimum Gasteiger partial charge on any atom is -0.436 e. The van der Waals surface area contributed by atoms with Crippen LogP contribution >= 0.6 is 0 Å². The third-order valence-corrected chi connectivity index (χ3v) is 9.52. The summed E-state index contributed by atoms with van der Waals surface area (Å²) in [4.78, 5) is 10.9. The van der Waals surface area contributed by atoms with Crippen molar-refractivity contribution in [2.45, 2.75) is 45.1 Å². The van der Waals surface area contributed by atoms with Crippen LogP contribution in [-0.4, -0.2) is 43.0 Å². The van der Waals surface area contributed by atoms with Crippen molar-refractivity contribution in [2.24, 2.45) is 0 Å². The Morgan fingerprint density at radius 2 is 1.84 bits per heavy atom. The summed E-state index contributed by atoms with van der Waals surface area (Å²) < 4.78 is 16.9. The fraction of sp³-hybridized carbons (Fsp3) is 0.769. The van der Waals surface area contributed by atoms with Crippen molar-refractivity contribution in [2.75, 3.05) is 20.3 Å². The Morgan fingerprint density at radius 1 is 1.21 bits per heavy atom. The molecule has 0 atom stereocenters. The highest BCUT2D eigenvalue weighted by atomic mass is 28.4. The largest absolute Gasteiger partial charge is 0.436 e. The summed E-state index contributed by atoms with van der Waals surface area (Å²) in [6.45, 7) is 12.8. The lowest BCUT2D eigenvalue weighted by Crippen LogP contribution is -2.45. The lowest BCUT2D eigenvalue weighted by atomic mass is 10.3. The minimum absolute atomic E-state index is 0.0640. The van der Waals surface area contributed by atoms with Gasteiger partial charge in [0.25, 0.3) is 0 Å². The van der Waals surface area contributed by atoms with E-state index >= 15 is 0 Å². The predicted octanol–water partition coefficient (Wildman–Crippen LogP) is 3.11. The maximum Gasteiger partial charge on any atom is 0.321 e. The van der Waals surface area contributed by atoms with Crippen molar-refractivity contribution in [1.29, 1.82) is 0 Å². The highest BCUT2D eigenvalue weighted by Crippen LogP contribution is 2.20. The van der Waals surface area contributed by atoms with E-state index in [9.17, 15) is 4.79 Å². The summed E-state index contributed by atoms with van der Waals surface area (Å²) in [5, 5.41) is 0. The Bertz CT molecular complexity index is 290. The van der Waals surface area contributed by atoms with Crippen LogP contribution in [0.2, 0.25) is 32.2 Å². The molecule has 0 fully saturated rings.